The molecule has 0 aromatic carbocycles. The molecule has 0 bridgehead atoms. The molecule has 0 aliphatic heterocycles. The van der Waals surface area contributed by atoms with Gasteiger partial charge in [0.2, 0.25) is 0 Å². The minimum Gasteiger partial charge on any atom is -0.392 e. The van der Waals surface area contributed by atoms with E-state index in [4.69, 9.17) is 5.73 Å². The van der Waals surface area contributed by atoms with Crippen molar-refractivity contribution in [1.29, 1.82) is 0 Å². The van der Waals surface area contributed by atoms with Crippen molar-refractivity contribution < 1.29 is 5.11 Å². The van der Waals surface area contributed by atoms with E-state index in [1.807, 2.05) is 11.9 Å². The second kappa shape index (κ2) is 4.23. The van der Waals surface area contributed by atoms with Gasteiger partial charge in [0.1, 0.15) is 17.5 Å². The number of aryl methyl sites for hydroxylation is 1. The first-order valence-electron chi connectivity index (χ1n) is 4.49. The number of nitrogens with two attached hydrogens (primary N) is 1. The predicted octanol–water partition coefficient (Wildman–Crippen LogP) is 0.184. The van der Waals surface area contributed by atoms with Crippen LogP contribution in [-0.2, 0) is 0 Å². The molecule has 14 heavy (non-hydrogen) atoms. The lowest BCUT2D eigenvalue weighted by Crippen LogP contribution is -2.28. The number of aromatic nitrogens is 2. The first-order chi connectivity index (χ1) is 6.49. The average molecular weight is 196 g/mol. The Hall–Kier alpha value is -1.36. The molecular formula is C9H16N4O. The quantitative estimate of drug-likeness (QED) is 0.721. The molecule has 0 amide bonds. The van der Waals surface area contributed by atoms with Gasteiger partial charge in [-0.25, -0.2) is 9.97 Å². The van der Waals surface area contributed by atoms with Gasteiger partial charge in [0, 0.05) is 19.7 Å². The van der Waals surface area contributed by atoms with E-state index in [0.717, 1.165) is 5.82 Å². The van der Waals surface area contributed by atoms with Crippen LogP contribution in [0.2, 0.25) is 0 Å². The van der Waals surface area contributed by atoms with Crippen molar-refractivity contribution >= 4 is 11.6 Å². The standard InChI is InChI=1S/C9H16N4O/c1-6(14)5-13(3)9-4-8(10)11-7(2)12-9/h4,6,14H,5H2,1-3H3,(H2,10,11,12). The lowest BCUT2D eigenvalue weighted by atomic mass is 10.3. The van der Waals surface area contributed by atoms with Gasteiger partial charge in [-0.15, -0.1) is 0 Å². The molecule has 0 fully saturated rings. The zero-order valence-electron chi connectivity index (χ0n) is 8.73. The summed E-state index contributed by atoms with van der Waals surface area (Å²) in [7, 11) is 1.86. The summed E-state index contributed by atoms with van der Waals surface area (Å²) >= 11 is 0. The smallest absolute Gasteiger partial charge is 0.134 e. The molecule has 1 atom stereocenters. The molecule has 1 aromatic rings. The van der Waals surface area contributed by atoms with Crippen LogP contribution in [0.5, 0.6) is 0 Å². The Morgan fingerprint density at radius 2 is 2.21 bits per heavy atom. The zero-order valence-corrected chi connectivity index (χ0v) is 8.73. The number of hydrogen-bond acceptors (Lipinski definition) is 5. The Morgan fingerprint density at radius 3 is 2.71 bits per heavy atom. The minimum atomic E-state index is -0.392. The highest BCUT2D eigenvalue weighted by molar-refractivity contribution is 5.46. The highest BCUT2D eigenvalue weighted by Gasteiger charge is 2.07. The number of anilines is 2. The summed E-state index contributed by atoms with van der Waals surface area (Å²) in [6.45, 7) is 4.04. The van der Waals surface area contributed by atoms with Gasteiger partial charge in [0.15, 0.2) is 0 Å². The summed E-state index contributed by atoms with van der Waals surface area (Å²) in [6, 6.07) is 1.69. The fraction of sp³-hybridized carbons (Fsp3) is 0.556. The third-order valence-corrected chi connectivity index (χ3v) is 1.77. The zero-order chi connectivity index (χ0) is 10.7. The van der Waals surface area contributed by atoms with Gasteiger partial charge >= 0.3 is 0 Å². The molecule has 1 aromatic heterocycles. The molecule has 1 unspecified atom stereocenters. The van der Waals surface area contributed by atoms with Gasteiger partial charge in [0.05, 0.1) is 6.10 Å². The number of nitrogen functional groups attached to an aromatic ring is 1. The maximum Gasteiger partial charge on any atom is 0.134 e. The van der Waals surface area contributed by atoms with E-state index < -0.39 is 6.10 Å². The fourth-order valence-corrected chi connectivity index (χ4v) is 1.26. The van der Waals surface area contributed by atoms with Gasteiger partial charge in [-0.05, 0) is 13.8 Å². The van der Waals surface area contributed by atoms with E-state index in [9.17, 15) is 5.11 Å². The molecule has 0 saturated carbocycles. The molecular weight excluding hydrogens is 180 g/mol. The summed E-state index contributed by atoms with van der Waals surface area (Å²) in [6.07, 6.45) is -0.392. The Kier molecular flexibility index (Phi) is 3.24. The molecule has 5 nitrogen and oxygen atoms in total. The third kappa shape index (κ3) is 2.85. The Balaban J connectivity index is 2.84. The van der Waals surface area contributed by atoms with Crippen molar-refractivity contribution in [2.24, 2.45) is 0 Å². The highest BCUT2D eigenvalue weighted by Crippen LogP contribution is 2.12. The summed E-state index contributed by atoms with van der Waals surface area (Å²) in [5.41, 5.74) is 5.59. The molecule has 78 valence electrons. The van der Waals surface area contributed by atoms with Gasteiger partial charge in [-0.2, -0.15) is 0 Å². The predicted molar refractivity (Wildman–Crippen MR) is 56.1 cm³/mol. The average Bonchev–Trinajstić information content (AvgIpc) is 2.00. The van der Waals surface area contributed by atoms with Crippen LogP contribution in [-0.4, -0.2) is 34.8 Å². The molecule has 0 aliphatic carbocycles. The summed E-state index contributed by atoms with van der Waals surface area (Å²) in [4.78, 5) is 10.0. The topological polar surface area (TPSA) is 75.3 Å². The van der Waals surface area contributed by atoms with E-state index >= 15 is 0 Å². The number of aliphatic hydroxyl groups excluding tert-OH is 1. The van der Waals surface area contributed by atoms with Crippen LogP contribution < -0.4 is 10.6 Å². The van der Waals surface area contributed by atoms with E-state index in [1.54, 1.807) is 19.9 Å². The lowest BCUT2D eigenvalue weighted by Gasteiger charge is -2.19. The van der Waals surface area contributed by atoms with Crippen molar-refractivity contribution in [3.63, 3.8) is 0 Å². The number of hydrogen-bond donors (Lipinski definition) is 2. The molecule has 3 N–H and O–H groups in total. The minimum absolute atomic E-state index is 0.392. The molecule has 5 heteroatoms. The van der Waals surface area contributed by atoms with Crippen molar-refractivity contribution in [2.45, 2.75) is 20.0 Å². The lowest BCUT2D eigenvalue weighted by molar-refractivity contribution is 0.201. The van der Waals surface area contributed by atoms with Gasteiger partial charge in [0.25, 0.3) is 0 Å². The fourth-order valence-electron chi connectivity index (χ4n) is 1.26. The maximum atomic E-state index is 9.21. The van der Waals surface area contributed by atoms with Crippen LogP contribution in [0.3, 0.4) is 0 Å². The number of aliphatic hydroxyl groups is 1. The summed E-state index contributed by atoms with van der Waals surface area (Å²) in [5, 5.41) is 9.21. The van der Waals surface area contributed by atoms with Crippen molar-refractivity contribution in [3.05, 3.63) is 11.9 Å². The number of nitrogens with zero attached hydrogens (tertiary/aromatic N) is 3. The second-order valence-electron chi connectivity index (χ2n) is 3.43. The highest BCUT2D eigenvalue weighted by atomic mass is 16.3. The molecule has 0 aliphatic rings. The Labute approximate surface area is 83.6 Å². The van der Waals surface area contributed by atoms with Gasteiger partial charge in [-0.1, -0.05) is 0 Å². The second-order valence-corrected chi connectivity index (χ2v) is 3.43. The van der Waals surface area contributed by atoms with Crippen LogP contribution in [0.4, 0.5) is 11.6 Å². The molecule has 0 saturated heterocycles. The normalized spacial score (nSPS) is 12.6. The van der Waals surface area contributed by atoms with Crippen LogP contribution in [0, 0.1) is 6.92 Å². The van der Waals surface area contributed by atoms with E-state index in [2.05, 4.69) is 9.97 Å². The summed E-state index contributed by atoms with van der Waals surface area (Å²) < 4.78 is 0. The van der Waals surface area contributed by atoms with Crippen LogP contribution in [0.1, 0.15) is 12.7 Å². The van der Waals surface area contributed by atoms with Crippen molar-refractivity contribution in [3.8, 4) is 0 Å². The molecule has 0 radical (unpaired) electrons. The first-order valence-corrected chi connectivity index (χ1v) is 4.49. The summed E-state index contributed by atoms with van der Waals surface area (Å²) in [5.74, 6) is 1.82. The van der Waals surface area contributed by atoms with Crippen LogP contribution in [0.15, 0.2) is 6.07 Å². The van der Waals surface area contributed by atoms with Gasteiger partial charge < -0.3 is 15.7 Å². The maximum absolute atomic E-state index is 9.21. The van der Waals surface area contributed by atoms with Crippen LogP contribution in [0.25, 0.3) is 0 Å². The van der Waals surface area contributed by atoms with E-state index in [1.165, 1.54) is 0 Å². The molecule has 0 spiro atoms. The molecule has 1 heterocycles. The SMILES string of the molecule is Cc1nc(N)cc(N(C)CC(C)O)n1. The number of rotatable bonds is 3. The first kappa shape index (κ1) is 10.7. The van der Waals surface area contributed by atoms with Crippen LogP contribution >= 0.6 is 0 Å². The molecule has 1 rings (SSSR count). The van der Waals surface area contributed by atoms with Crippen molar-refractivity contribution in [2.75, 3.05) is 24.2 Å². The van der Waals surface area contributed by atoms with E-state index in [-0.39, 0.29) is 0 Å². The third-order valence-electron chi connectivity index (χ3n) is 1.77. The van der Waals surface area contributed by atoms with E-state index in [0.29, 0.717) is 18.2 Å². The van der Waals surface area contributed by atoms with Crippen molar-refractivity contribution in [1.82, 2.24) is 9.97 Å². The monoisotopic (exact) mass is 196 g/mol. The largest absolute Gasteiger partial charge is 0.392 e. The Morgan fingerprint density at radius 1 is 1.57 bits per heavy atom. The van der Waals surface area contributed by atoms with Gasteiger partial charge in [-0.3, -0.25) is 0 Å². The number of likely N-dealkylation sites (N-methyl/N-ethyl adjacent to an activating group) is 1. The Bertz CT molecular complexity index is 293.